The zero-order valence-electron chi connectivity index (χ0n) is 19.6. The highest BCUT2D eigenvalue weighted by molar-refractivity contribution is 5.98. The third kappa shape index (κ3) is 4.44. The van der Waals surface area contributed by atoms with E-state index >= 15 is 4.39 Å². The number of carbonyl (C=O) groups is 1. The smallest absolute Gasteiger partial charge is 0.255 e. The van der Waals surface area contributed by atoms with Crippen molar-refractivity contribution in [1.29, 1.82) is 0 Å². The molecule has 1 fully saturated rings. The number of rotatable bonds is 6. The number of nitrogens with two attached hydrogens (primary N) is 1. The van der Waals surface area contributed by atoms with Gasteiger partial charge in [0, 0.05) is 30.3 Å². The number of nitrogens with one attached hydrogen (secondary N) is 2. The number of methoxy groups -OCH3 is 1. The van der Waals surface area contributed by atoms with Crippen LogP contribution < -0.4 is 21.1 Å². The number of nitrogens with zero attached hydrogens (tertiary/aromatic N) is 4. The minimum atomic E-state index is -0.522. The Morgan fingerprint density at radius 3 is 2.86 bits per heavy atom. The number of piperidine rings is 1. The third-order valence-electron chi connectivity index (χ3n) is 6.31. The molecule has 5 rings (SSSR count). The monoisotopic (exact) mass is 493 g/mol. The lowest BCUT2D eigenvalue weighted by Crippen LogP contribution is -2.32. The van der Waals surface area contributed by atoms with Crippen LogP contribution in [-0.4, -0.2) is 45.9 Å². The summed E-state index contributed by atoms with van der Waals surface area (Å²) in [5.41, 5.74) is 8.24. The molecule has 4 N–H and O–H groups in total. The Morgan fingerprint density at radius 2 is 2.11 bits per heavy atom. The number of anilines is 1. The fourth-order valence-electron chi connectivity index (χ4n) is 4.46. The Balaban J connectivity index is 1.41. The molecule has 9 nitrogen and oxygen atoms in total. The van der Waals surface area contributed by atoms with E-state index in [4.69, 9.17) is 15.6 Å². The predicted octanol–water partition coefficient (Wildman–Crippen LogP) is 3.22. The lowest BCUT2D eigenvalue weighted by molar-refractivity contribution is 0.0947. The number of nitrogen functional groups attached to an aromatic ring is 1. The second-order valence-corrected chi connectivity index (χ2v) is 8.58. The molecule has 0 unspecified atom stereocenters. The Kier molecular flexibility index (Phi) is 6.47. The second-order valence-electron chi connectivity index (χ2n) is 8.58. The van der Waals surface area contributed by atoms with Crippen LogP contribution in [0.25, 0.3) is 22.3 Å². The van der Waals surface area contributed by atoms with Crippen molar-refractivity contribution in [3.8, 4) is 17.0 Å². The molecule has 11 heteroatoms. The average molecular weight is 494 g/mol. The number of aromatic nitrogens is 4. The molecule has 0 spiro atoms. The number of amides is 1. The first-order valence-electron chi connectivity index (χ1n) is 11.6. The second kappa shape index (κ2) is 9.86. The normalized spacial score (nSPS) is 15.7. The quantitative estimate of drug-likeness (QED) is 0.377. The van der Waals surface area contributed by atoms with Crippen molar-refractivity contribution in [3.05, 3.63) is 65.5 Å². The van der Waals surface area contributed by atoms with Crippen molar-refractivity contribution in [1.82, 2.24) is 30.4 Å². The first kappa shape index (κ1) is 23.6. The summed E-state index contributed by atoms with van der Waals surface area (Å²) in [5.74, 6) is -1.18. The third-order valence-corrected chi connectivity index (χ3v) is 6.31. The van der Waals surface area contributed by atoms with Crippen molar-refractivity contribution in [2.75, 3.05) is 25.9 Å². The van der Waals surface area contributed by atoms with E-state index in [0.29, 0.717) is 22.3 Å². The summed E-state index contributed by atoms with van der Waals surface area (Å²) in [6, 6.07) is 8.37. The number of ether oxygens (including phenoxy) is 1. The molecule has 1 amide bonds. The van der Waals surface area contributed by atoms with Crippen molar-refractivity contribution >= 4 is 22.8 Å². The molecule has 4 aromatic rings. The predicted molar refractivity (Wildman–Crippen MR) is 130 cm³/mol. The molecule has 0 saturated carbocycles. The van der Waals surface area contributed by atoms with Gasteiger partial charge in [-0.05, 0) is 37.6 Å². The van der Waals surface area contributed by atoms with Crippen LogP contribution in [0.2, 0.25) is 0 Å². The van der Waals surface area contributed by atoms with Crippen LogP contribution in [0.4, 0.5) is 14.6 Å². The number of benzene rings is 2. The van der Waals surface area contributed by atoms with Gasteiger partial charge in [-0.15, -0.1) is 0 Å². The van der Waals surface area contributed by atoms with Crippen LogP contribution in [0.3, 0.4) is 0 Å². The summed E-state index contributed by atoms with van der Waals surface area (Å²) >= 11 is 0. The van der Waals surface area contributed by atoms with E-state index in [1.807, 2.05) is 4.68 Å². The topological polar surface area (TPSA) is 120 Å². The van der Waals surface area contributed by atoms with Crippen molar-refractivity contribution in [2.45, 2.75) is 25.4 Å². The Labute approximate surface area is 205 Å². The zero-order valence-corrected chi connectivity index (χ0v) is 19.6. The summed E-state index contributed by atoms with van der Waals surface area (Å²) in [6.07, 6.45) is 3.36. The number of fused-ring (bicyclic) bond motifs is 1. The van der Waals surface area contributed by atoms with Gasteiger partial charge in [0.1, 0.15) is 35.2 Å². The maximum Gasteiger partial charge on any atom is 0.255 e. The van der Waals surface area contributed by atoms with Crippen LogP contribution >= 0.6 is 0 Å². The molecule has 2 aromatic heterocycles. The van der Waals surface area contributed by atoms with Gasteiger partial charge in [0.2, 0.25) is 0 Å². The number of hydrogen-bond donors (Lipinski definition) is 3. The standard InChI is InChI=1S/C25H25F2N7O2/c1-36-20-10-16(26)6-7-18(20)25(35)30-11-15-5-4-14(9-19(15)27)22-21-23(28)31-13-32-24(21)34(33-22)17-3-2-8-29-12-17/h4-7,9-10,13,17,29H,2-3,8,11-12H2,1H3,(H,30,35)(H2,28,31,32)/t17-/m1/s1. The average Bonchev–Trinajstić information content (AvgIpc) is 3.29. The summed E-state index contributed by atoms with van der Waals surface area (Å²) < 4.78 is 35.5. The molecule has 1 atom stereocenters. The highest BCUT2D eigenvalue weighted by Gasteiger charge is 2.24. The molecule has 186 valence electrons. The molecule has 1 aliphatic heterocycles. The van der Waals surface area contributed by atoms with Gasteiger partial charge in [0.25, 0.3) is 5.91 Å². The largest absolute Gasteiger partial charge is 0.496 e. The van der Waals surface area contributed by atoms with E-state index in [1.165, 1.54) is 25.6 Å². The van der Waals surface area contributed by atoms with Gasteiger partial charge < -0.3 is 21.1 Å². The van der Waals surface area contributed by atoms with Gasteiger partial charge >= 0.3 is 0 Å². The van der Waals surface area contributed by atoms with Crippen LogP contribution in [-0.2, 0) is 6.54 Å². The van der Waals surface area contributed by atoms with Gasteiger partial charge in [-0.1, -0.05) is 12.1 Å². The van der Waals surface area contributed by atoms with E-state index in [0.717, 1.165) is 38.1 Å². The van der Waals surface area contributed by atoms with Crippen LogP contribution in [0, 0.1) is 11.6 Å². The zero-order chi connectivity index (χ0) is 25.2. The minimum Gasteiger partial charge on any atom is -0.496 e. The molecule has 1 aliphatic rings. The number of halogens is 2. The Morgan fingerprint density at radius 1 is 1.25 bits per heavy atom. The summed E-state index contributed by atoms with van der Waals surface area (Å²) in [5, 5.41) is 11.4. The van der Waals surface area contributed by atoms with Crippen molar-refractivity contribution < 1.29 is 18.3 Å². The lowest BCUT2D eigenvalue weighted by atomic mass is 10.1. The highest BCUT2D eigenvalue weighted by Crippen LogP contribution is 2.33. The first-order chi connectivity index (χ1) is 17.5. The fraction of sp³-hybridized carbons (Fsp3) is 0.280. The van der Waals surface area contributed by atoms with Crippen molar-refractivity contribution in [2.24, 2.45) is 0 Å². The van der Waals surface area contributed by atoms with Crippen LogP contribution in [0.5, 0.6) is 5.75 Å². The summed E-state index contributed by atoms with van der Waals surface area (Å²) in [4.78, 5) is 21.1. The Hall–Kier alpha value is -4.12. The van der Waals surface area contributed by atoms with Gasteiger partial charge in [-0.25, -0.2) is 23.4 Å². The van der Waals surface area contributed by atoms with Gasteiger partial charge in [0.15, 0.2) is 5.65 Å². The van der Waals surface area contributed by atoms with E-state index in [2.05, 4.69) is 20.6 Å². The van der Waals surface area contributed by atoms with E-state index in [9.17, 15) is 9.18 Å². The molecule has 0 aliphatic carbocycles. The first-order valence-corrected chi connectivity index (χ1v) is 11.6. The van der Waals surface area contributed by atoms with Gasteiger partial charge in [0.05, 0.1) is 24.1 Å². The fourth-order valence-corrected chi connectivity index (χ4v) is 4.46. The maximum atomic E-state index is 15.1. The van der Waals surface area contributed by atoms with E-state index in [1.54, 1.807) is 12.1 Å². The molecule has 0 bridgehead atoms. The number of carbonyl (C=O) groups excluding carboxylic acids is 1. The summed E-state index contributed by atoms with van der Waals surface area (Å²) in [6.45, 7) is 1.64. The van der Waals surface area contributed by atoms with Crippen molar-refractivity contribution in [3.63, 3.8) is 0 Å². The highest BCUT2D eigenvalue weighted by atomic mass is 19.1. The SMILES string of the molecule is COc1cc(F)ccc1C(=O)NCc1ccc(-c2nn([C@@H]3CCCNC3)c3ncnc(N)c23)cc1F. The van der Waals surface area contributed by atoms with Gasteiger partial charge in [-0.3, -0.25) is 4.79 Å². The molecule has 36 heavy (non-hydrogen) atoms. The molecule has 1 saturated heterocycles. The van der Waals surface area contributed by atoms with Crippen LogP contribution in [0.15, 0.2) is 42.7 Å². The summed E-state index contributed by atoms with van der Waals surface area (Å²) in [7, 11) is 1.34. The molecular formula is C25H25F2N7O2. The van der Waals surface area contributed by atoms with E-state index in [-0.39, 0.29) is 35.3 Å². The molecule has 2 aromatic carbocycles. The van der Waals surface area contributed by atoms with Gasteiger partial charge in [-0.2, -0.15) is 5.10 Å². The number of hydrogen-bond acceptors (Lipinski definition) is 7. The minimum absolute atomic E-state index is 0.0698. The lowest BCUT2D eigenvalue weighted by Gasteiger charge is -2.23. The molecular weight excluding hydrogens is 468 g/mol. The maximum absolute atomic E-state index is 15.1. The van der Waals surface area contributed by atoms with E-state index < -0.39 is 17.5 Å². The molecule has 3 heterocycles. The molecule has 0 radical (unpaired) electrons. The Bertz CT molecular complexity index is 1430. The van der Waals surface area contributed by atoms with Crippen LogP contribution in [0.1, 0.15) is 34.8 Å².